The van der Waals surface area contributed by atoms with E-state index in [1.165, 1.54) is 11.1 Å². The Kier molecular flexibility index (Phi) is 5.17. The Labute approximate surface area is 110 Å². The van der Waals surface area contributed by atoms with Gasteiger partial charge in [0.15, 0.2) is 0 Å². The smallest absolute Gasteiger partial charge is 0.0449 e. The number of aliphatic hydroxyl groups is 1. The molecule has 1 aliphatic rings. The van der Waals surface area contributed by atoms with Crippen LogP contribution >= 0.6 is 0 Å². The van der Waals surface area contributed by atoms with Gasteiger partial charge in [-0.3, -0.25) is 4.90 Å². The Morgan fingerprint density at radius 2 is 1.89 bits per heavy atom. The number of hydrogen-bond acceptors (Lipinski definition) is 3. The second-order valence-electron chi connectivity index (χ2n) is 4.91. The molecule has 18 heavy (non-hydrogen) atoms. The minimum Gasteiger partial charge on any atom is -0.396 e. The molecule has 1 unspecified atom stereocenters. The average Bonchev–Trinajstić information content (AvgIpc) is 2.46. The van der Waals surface area contributed by atoms with Crippen molar-refractivity contribution in [2.24, 2.45) is 0 Å². The van der Waals surface area contributed by atoms with Crippen LogP contribution in [-0.4, -0.2) is 42.8 Å². The molecule has 0 bridgehead atoms. The van der Waals surface area contributed by atoms with E-state index in [4.69, 9.17) is 0 Å². The standard InChI is InChI=1S/C15H24N2O/c1-2-13-3-5-14(6-4-13)15(7-12-18)17-10-8-16-9-11-17/h3-6,15-16,18H,2,7-12H2,1H3. The Morgan fingerprint density at radius 1 is 1.22 bits per heavy atom. The molecule has 1 saturated heterocycles. The summed E-state index contributed by atoms with van der Waals surface area (Å²) >= 11 is 0. The van der Waals surface area contributed by atoms with Crippen molar-refractivity contribution in [3.8, 4) is 0 Å². The third-order valence-electron chi connectivity index (χ3n) is 3.77. The molecule has 0 aliphatic carbocycles. The summed E-state index contributed by atoms with van der Waals surface area (Å²) in [4.78, 5) is 2.48. The van der Waals surface area contributed by atoms with E-state index in [1.54, 1.807) is 0 Å². The van der Waals surface area contributed by atoms with Crippen LogP contribution in [0.1, 0.15) is 30.5 Å². The summed E-state index contributed by atoms with van der Waals surface area (Å²) in [5.41, 5.74) is 2.71. The molecule has 100 valence electrons. The molecule has 3 heteroatoms. The Morgan fingerprint density at radius 3 is 2.44 bits per heavy atom. The van der Waals surface area contributed by atoms with E-state index in [-0.39, 0.29) is 6.61 Å². The number of nitrogens with one attached hydrogen (secondary N) is 1. The van der Waals surface area contributed by atoms with Crippen molar-refractivity contribution in [1.82, 2.24) is 10.2 Å². The summed E-state index contributed by atoms with van der Waals surface area (Å²) in [6.45, 7) is 6.67. The topological polar surface area (TPSA) is 35.5 Å². The van der Waals surface area contributed by atoms with E-state index >= 15 is 0 Å². The van der Waals surface area contributed by atoms with Crippen LogP contribution in [0, 0.1) is 0 Å². The van der Waals surface area contributed by atoms with E-state index in [0.29, 0.717) is 6.04 Å². The van der Waals surface area contributed by atoms with Gasteiger partial charge in [-0.2, -0.15) is 0 Å². The number of hydrogen-bond donors (Lipinski definition) is 2. The van der Waals surface area contributed by atoms with Gasteiger partial charge in [-0.25, -0.2) is 0 Å². The third-order valence-corrected chi connectivity index (χ3v) is 3.77. The molecule has 0 radical (unpaired) electrons. The van der Waals surface area contributed by atoms with Crippen molar-refractivity contribution in [3.05, 3.63) is 35.4 Å². The molecule has 2 rings (SSSR count). The summed E-state index contributed by atoms with van der Waals surface area (Å²) in [6, 6.07) is 9.23. The first-order valence-electron chi connectivity index (χ1n) is 6.99. The average molecular weight is 248 g/mol. The first-order chi connectivity index (χ1) is 8.85. The Balaban J connectivity index is 2.11. The van der Waals surface area contributed by atoms with E-state index in [0.717, 1.165) is 39.0 Å². The molecule has 1 heterocycles. The predicted octanol–water partition coefficient (Wildman–Crippen LogP) is 1.58. The van der Waals surface area contributed by atoms with E-state index in [9.17, 15) is 5.11 Å². The van der Waals surface area contributed by atoms with Gasteiger partial charge in [0.1, 0.15) is 0 Å². The molecule has 0 amide bonds. The zero-order chi connectivity index (χ0) is 12.8. The van der Waals surface area contributed by atoms with Crippen LogP contribution in [0.5, 0.6) is 0 Å². The van der Waals surface area contributed by atoms with Crippen LogP contribution in [0.3, 0.4) is 0 Å². The highest BCUT2D eigenvalue weighted by molar-refractivity contribution is 5.25. The lowest BCUT2D eigenvalue weighted by Gasteiger charge is -2.35. The normalized spacial score (nSPS) is 18.8. The number of aliphatic hydroxyl groups excluding tert-OH is 1. The fourth-order valence-electron chi connectivity index (χ4n) is 2.65. The van der Waals surface area contributed by atoms with Gasteiger partial charge in [0, 0.05) is 38.8 Å². The number of benzene rings is 1. The van der Waals surface area contributed by atoms with Gasteiger partial charge in [0.2, 0.25) is 0 Å². The summed E-state index contributed by atoms with van der Waals surface area (Å²) in [6.07, 6.45) is 1.91. The van der Waals surface area contributed by atoms with E-state index < -0.39 is 0 Å². The molecule has 1 aromatic carbocycles. The maximum absolute atomic E-state index is 9.29. The zero-order valence-electron chi connectivity index (χ0n) is 11.2. The van der Waals surface area contributed by atoms with Crippen LogP contribution in [0.25, 0.3) is 0 Å². The maximum atomic E-state index is 9.29. The second kappa shape index (κ2) is 6.88. The van der Waals surface area contributed by atoms with Crippen LogP contribution in [0.4, 0.5) is 0 Å². The molecule has 0 spiro atoms. The molecule has 2 N–H and O–H groups in total. The minimum absolute atomic E-state index is 0.254. The lowest BCUT2D eigenvalue weighted by atomic mass is 9.99. The first-order valence-corrected chi connectivity index (χ1v) is 6.99. The Bertz CT molecular complexity index is 344. The minimum atomic E-state index is 0.254. The number of nitrogens with zero attached hydrogens (tertiary/aromatic N) is 1. The molecule has 1 aromatic rings. The first kappa shape index (κ1) is 13.5. The highest BCUT2D eigenvalue weighted by Crippen LogP contribution is 2.24. The second-order valence-corrected chi connectivity index (χ2v) is 4.91. The maximum Gasteiger partial charge on any atom is 0.0449 e. The van der Waals surface area contributed by atoms with Crippen LogP contribution < -0.4 is 5.32 Å². The summed E-state index contributed by atoms with van der Waals surface area (Å²) < 4.78 is 0. The number of aryl methyl sites for hydroxylation is 1. The van der Waals surface area contributed by atoms with Crippen LogP contribution in [0.15, 0.2) is 24.3 Å². The summed E-state index contributed by atoms with van der Waals surface area (Å²) in [7, 11) is 0. The monoisotopic (exact) mass is 248 g/mol. The molecule has 0 aromatic heterocycles. The van der Waals surface area contributed by atoms with Crippen molar-refractivity contribution in [1.29, 1.82) is 0 Å². The molecule has 1 atom stereocenters. The fourth-order valence-corrected chi connectivity index (χ4v) is 2.65. The van der Waals surface area contributed by atoms with Gasteiger partial charge < -0.3 is 10.4 Å². The number of rotatable bonds is 5. The summed E-state index contributed by atoms with van der Waals surface area (Å²) in [5, 5.41) is 12.7. The van der Waals surface area contributed by atoms with Gasteiger partial charge in [0.25, 0.3) is 0 Å². The van der Waals surface area contributed by atoms with Crippen molar-refractivity contribution in [2.75, 3.05) is 32.8 Å². The predicted molar refractivity (Wildman–Crippen MR) is 74.7 cm³/mol. The molecular formula is C15H24N2O. The molecule has 1 aliphatic heterocycles. The third kappa shape index (κ3) is 3.31. The Hall–Kier alpha value is -0.900. The lowest BCUT2D eigenvalue weighted by Crippen LogP contribution is -2.45. The molecule has 0 saturated carbocycles. The van der Waals surface area contributed by atoms with E-state index in [1.807, 2.05) is 0 Å². The molecule has 1 fully saturated rings. The van der Waals surface area contributed by atoms with Crippen molar-refractivity contribution < 1.29 is 5.11 Å². The molecule has 3 nitrogen and oxygen atoms in total. The van der Waals surface area contributed by atoms with Crippen LogP contribution in [0.2, 0.25) is 0 Å². The highest BCUT2D eigenvalue weighted by atomic mass is 16.3. The van der Waals surface area contributed by atoms with Crippen molar-refractivity contribution >= 4 is 0 Å². The SMILES string of the molecule is CCc1ccc(C(CCO)N2CCNCC2)cc1. The lowest BCUT2D eigenvalue weighted by molar-refractivity contribution is 0.141. The van der Waals surface area contributed by atoms with Gasteiger partial charge >= 0.3 is 0 Å². The van der Waals surface area contributed by atoms with Crippen molar-refractivity contribution in [3.63, 3.8) is 0 Å². The van der Waals surface area contributed by atoms with Gasteiger partial charge in [0.05, 0.1) is 0 Å². The van der Waals surface area contributed by atoms with E-state index in [2.05, 4.69) is 41.4 Å². The number of piperazine rings is 1. The van der Waals surface area contributed by atoms with Gasteiger partial charge in [-0.15, -0.1) is 0 Å². The van der Waals surface area contributed by atoms with Gasteiger partial charge in [-0.05, 0) is 24.0 Å². The van der Waals surface area contributed by atoms with Crippen molar-refractivity contribution in [2.45, 2.75) is 25.8 Å². The zero-order valence-corrected chi connectivity index (χ0v) is 11.2. The largest absolute Gasteiger partial charge is 0.396 e. The molecular weight excluding hydrogens is 224 g/mol. The van der Waals surface area contributed by atoms with Crippen LogP contribution in [-0.2, 0) is 6.42 Å². The quantitative estimate of drug-likeness (QED) is 0.830. The summed E-state index contributed by atoms with van der Waals surface area (Å²) in [5.74, 6) is 0. The van der Waals surface area contributed by atoms with Gasteiger partial charge in [-0.1, -0.05) is 31.2 Å². The highest BCUT2D eigenvalue weighted by Gasteiger charge is 2.21. The fraction of sp³-hybridized carbons (Fsp3) is 0.600.